The average Bonchev–Trinajstić information content (AvgIpc) is 3.43. The predicted octanol–water partition coefficient (Wildman–Crippen LogP) is 4.57. The van der Waals surface area contributed by atoms with Gasteiger partial charge in [-0.25, -0.2) is 0 Å². The summed E-state index contributed by atoms with van der Waals surface area (Å²) in [4.78, 5) is 28.3. The number of nitrogens with one attached hydrogen (secondary N) is 1. The van der Waals surface area contributed by atoms with E-state index >= 15 is 0 Å². The Morgan fingerprint density at radius 2 is 1.83 bits per heavy atom. The largest absolute Gasteiger partial charge is 0.486 e. The highest BCUT2D eigenvalue weighted by Gasteiger charge is 2.24. The molecule has 6 nitrogen and oxygen atoms in total. The lowest BCUT2D eigenvalue weighted by Gasteiger charge is -2.19. The summed E-state index contributed by atoms with van der Waals surface area (Å²) >= 11 is 1.41. The molecule has 2 amide bonds. The van der Waals surface area contributed by atoms with E-state index in [0.29, 0.717) is 36.7 Å². The second-order valence-electron chi connectivity index (χ2n) is 7.14. The number of hydrogen-bond donors (Lipinski definition) is 1. The number of amides is 2. The molecular weight excluding hydrogens is 400 g/mol. The van der Waals surface area contributed by atoms with Crippen LogP contribution in [-0.4, -0.2) is 31.6 Å². The van der Waals surface area contributed by atoms with Gasteiger partial charge in [-0.2, -0.15) is 0 Å². The van der Waals surface area contributed by atoms with Crippen molar-refractivity contribution >= 4 is 34.5 Å². The highest BCUT2D eigenvalue weighted by atomic mass is 32.1. The average molecular weight is 420 g/mol. The van der Waals surface area contributed by atoms with Crippen LogP contribution in [0.5, 0.6) is 11.5 Å². The molecule has 7 heteroatoms. The Morgan fingerprint density at radius 1 is 1.00 bits per heavy atom. The van der Waals surface area contributed by atoms with Crippen molar-refractivity contribution in [3.8, 4) is 21.9 Å². The molecular formula is C23H20N2O4S. The van der Waals surface area contributed by atoms with E-state index in [2.05, 4.69) is 5.32 Å². The topological polar surface area (TPSA) is 67.9 Å². The molecule has 1 aromatic heterocycles. The van der Waals surface area contributed by atoms with Gasteiger partial charge in [-0.1, -0.05) is 12.1 Å². The summed E-state index contributed by atoms with van der Waals surface area (Å²) in [6.45, 7) is 1.77. The third-order valence-electron chi connectivity index (χ3n) is 5.17. The number of nitrogens with zero attached hydrogens (tertiary/aromatic N) is 1. The smallest absolute Gasteiger partial charge is 0.265 e. The molecule has 1 saturated heterocycles. The van der Waals surface area contributed by atoms with E-state index in [-0.39, 0.29) is 11.8 Å². The monoisotopic (exact) mass is 420 g/mol. The minimum Gasteiger partial charge on any atom is -0.486 e. The standard InChI is InChI=1S/C23H20N2O4S/c26-22-6-3-11-25(22)17-5-2-1-4-16(17)24-23(27)21-10-9-20(30-21)15-7-8-18-19(14-15)29-13-12-28-18/h1-2,4-5,7-10,14H,3,6,11-13H2,(H,24,27). The summed E-state index contributed by atoms with van der Waals surface area (Å²) < 4.78 is 11.2. The zero-order valence-electron chi connectivity index (χ0n) is 16.2. The van der Waals surface area contributed by atoms with Gasteiger partial charge in [-0.05, 0) is 54.4 Å². The molecule has 30 heavy (non-hydrogen) atoms. The number of hydrogen-bond acceptors (Lipinski definition) is 5. The molecule has 0 atom stereocenters. The Labute approximate surface area is 178 Å². The van der Waals surface area contributed by atoms with Crippen molar-refractivity contribution in [2.75, 3.05) is 30.0 Å². The highest BCUT2D eigenvalue weighted by molar-refractivity contribution is 7.17. The van der Waals surface area contributed by atoms with E-state index < -0.39 is 0 Å². The van der Waals surface area contributed by atoms with Crippen LogP contribution < -0.4 is 19.7 Å². The molecule has 2 aliphatic rings. The maximum absolute atomic E-state index is 12.9. The lowest BCUT2D eigenvalue weighted by molar-refractivity contribution is -0.117. The number of ether oxygens (including phenoxy) is 2. The SMILES string of the molecule is O=C(Nc1ccccc1N1CCCC1=O)c1ccc(-c2ccc3c(c2)OCCO3)s1. The maximum Gasteiger partial charge on any atom is 0.265 e. The van der Waals surface area contributed by atoms with Gasteiger partial charge in [-0.15, -0.1) is 11.3 Å². The minimum absolute atomic E-state index is 0.0914. The first-order chi connectivity index (χ1) is 14.7. The highest BCUT2D eigenvalue weighted by Crippen LogP contribution is 2.37. The van der Waals surface area contributed by atoms with Crippen LogP contribution in [0.25, 0.3) is 10.4 Å². The summed E-state index contributed by atoms with van der Waals surface area (Å²) in [5.41, 5.74) is 2.37. The number of fused-ring (bicyclic) bond motifs is 1. The second-order valence-corrected chi connectivity index (χ2v) is 8.23. The number of rotatable bonds is 4. The zero-order chi connectivity index (χ0) is 20.5. The molecule has 0 spiro atoms. The second kappa shape index (κ2) is 7.84. The van der Waals surface area contributed by atoms with Gasteiger partial charge in [0.2, 0.25) is 5.91 Å². The fourth-order valence-corrected chi connectivity index (χ4v) is 4.61. The van der Waals surface area contributed by atoms with Gasteiger partial charge in [0.25, 0.3) is 5.91 Å². The Bertz CT molecular complexity index is 1120. The summed E-state index contributed by atoms with van der Waals surface area (Å²) in [7, 11) is 0. The summed E-state index contributed by atoms with van der Waals surface area (Å²) in [6, 6.07) is 17.0. The first-order valence-electron chi connectivity index (χ1n) is 9.90. The third-order valence-corrected chi connectivity index (χ3v) is 6.31. The molecule has 3 heterocycles. The van der Waals surface area contributed by atoms with Crippen LogP contribution in [0.2, 0.25) is 0 Å². The van der Waals surface area contributed by atoms with Crippen molar-refractivity contribution in [2.45, 2.75) is 12.8 Å². The summed E-state index contributed by atoms with van der Waals surface area (Å²) in [5, 5.41) is 2.97. The van der Waals surface area contributed by atoms with Crippen molar-refractivity contribution in [1.29, 1.82) is 0 Å². The lowest BCUT2D eigenvalue weighted by Crippen LogP contribution is -2.25. The van der Waals surface area contributed by atoms with Crippen LogP contribution in [0, 0.1) is 0 Å². The maximum atomic E-state index is 12.9. The van der Waals surface area contributed by atoms with E-state index in [0.717, 1.165) is 34.0 Å². The van der Waals surface area contributed by atoms with E-state index in [9.17, 15) is 9.59 Å². The molecule has 0 saturated carbocycles. The molecule has 1 N–H and O–H groups in total. The Kier molecular flexibility index (Phi) is 4.88. The molecule has 2 aliphatic heterocycles. The number of anilines is 2. The Morgan fingerprint density at radius 3 is 2.67 bits per heavy atom. The molecule has 3 aromatic rings. The van der Waals surface area contributed by atoms with Crippen LogP contribution in [0.3, 0.4) is 0 Å². The van der Waals surface area contributed by atoms with E-state index in [1.54, 1.807) is 4.90 Å². The molecule has 1 fully saturated rings. The van der Waals surface area contributed by atoms with Crippen molar-refractivity contribution in [3.63, 3.8) is 0 Å². The zero-order valence-corrected chi connectivity index (χ0v) is 17.0. The fourth-order valence-electron chi connectivity index (χ4n) is 3.71. The molecule has 5 rings (SSSR count). The quantitative estimate of drug-likeness (QED) is 0.672. The molecule has 0 bridgehead atoms. The van der Waals surface area contributed by atoms with Crippen molar-refractivity contribution in [2.24, 2.45) is 0 Å². The molecule has 0 aliphatic carbocycles. The number of benzene rings is 2. The predicted molar refractivity (Wildman–Crippen MR) is 117 cm³/mol. The third kappa shape index (κ3) is 3.52. The Hall–Kier alpha value is -3.32. The first-order valence-corrected chi connectivity index (χ1v) is 10.7. The van der Waals surface area contributed by atoms with Crippen LogP contribution in [0.1, 0.15) is 22.5 Å². The lowest BCUT2D eigenvalue weighted by atomic mass is 10.1. The normalized spacial score (nSPS) is 15.3. The number of carbonyl (C=O) groups is 2. The summed E-state index contributed by atoms with van der Waals surface area (Å²) in [6.07, 6.45) is 1.39. The van der Waals surface area contributed by atoms with Crippen molar-refractivity contribution < 1.29 is 19.1 Å². The fraction of sp³-hybridized carbons (Fsp3) is 0.217. The van der Waals surface area contributed by atoms with Gasteiger partial charge in [0.1, 0.15) is 13.2 Å². The molecule has 2 aromatic carbocycles. The van der Waals surface area contributed by atoms with Crippen LogP contribution in [0.4, 0.5) is 11.4 Å². The molecule has 0 unspecified atom stereocenters. The molecule has 152 valence electrons. The van der Waals surface area contributed by atoms with Crippen LogP contribution in [0.15, 0.2) is 54.6 Å². The van der Waals surface area contributed by atoms with Gasteiger partial charge >= 0.3 is 0 Å². The van der Waals surface area contributed by atoms with E-state index in [4.69, 9.17) is 9.47 Å². The van der Waals surface area contributed by atoms with Crippen molar-refractivity contribution in [1.82, 2.24) is 0 Å². The molecule has 0 radical (unpaired) electrons. The van der Waals surface area contributed by atoms with Gasteiger partial charge in [0, 0.05) is 17.8 Å². The first kappa shape index (κ1) is 18.7. The van der Waals surface area contributed by atoms with Gasteiger partial charge < -0.3 is 19.7 Å². The minimum atomic E-state index is -0.192. The number of carbonyl (C=O) groups excluding carboxylic acids is 2. The van der Waals surface area contributed by atoms with E-state index in [1.807, 2.05) is 54.6 Å². The van der Waals surface area contributed by atoms with Gasteiger partial charge in [0.15, 0.2) is 11.5 Å². The van der Waals surface area contributed by atoms with Crippen molar-refractivity contribution in [3.05, 3.63) is 59.5 Å². The number of para-hydroxylation sites is 2. The van der Waals surface area contributed by atoms with Gasteiger partial charge in [-0.3, -0.25) is 9.59 Å². The number of thiophene rings is 1. The summed E-state index contributed by atoms with van der Waals surface area (Å²) in [5.74, 6) is 1.37. The van der Waals surface area contributed by atoms with Gasteiger partial charge in [0.05, 0.1) is 16.3 Å². The van der Waals surface area contributed by atoms with Crippen LogP contribution in [-0.2, 0) is 4.79 Å². The van der Waals surface area contributed by atoms with E-state index in [1.165, 1.54) is 11.3 Å². The Balaban J connectivity index is 1.36. The van der Waals surface area contributed by atoms with Crippen LogP contribution >= 0.6 is 11.3 Å².